The summed E-state index contributed by atoms with van der Waals surface area (Å²) in [5.74, 6) is 0.574. The maximum atomic E-state index is 13.9. The maximum Gasteiger partial charge on any atom is 0.407 e. The number of aromatic amines is 2. The Kier molecular flexibility index (Phi) is 11.9. The van der Waals surface area contributed by atoms with Gasteiger partial charge in [-0.05, 0) is 48.6 Å². The number of alkyl carbamates (subject to hydrolysis) is 2. The molecule has 1 aliphatic heterocycles. The summed E-state index contributed by atoms with van der Waals surface area (Å²) in [7, 11) is 2.51. The third-order valence-electron chi connectivity index (χ3n) is 10.0. The van der Waals surface area contributed by atoms with E-state index in [0.29, 0.717) is 29.3 Å². The number of nitrogens with one attached hydrogen (secondary N) is 5. The van der Waals surface area contributed by atoms with Crippen LogP contribution in [0.15, 0.2) is 116 Å². The van der Waals surface area contributed by atoms with Crippen molar-refractivity contribution >= 4 is 24.0 Å². The van der Waals surface area contributed by atoms with E-state index in [-0.39, 0.29) is 11.9 Å². The predicted octanol–water partition coefficient (Wildman–Crippen LogP) is 6.56. The molecule has 1 saturated heterocycles. The Morgan fingerprint density at radius 2 is 1.26 bits per heavy atom. The summed E-state index contributed by atoms with van der Waals surface area (Å²) >= 11 is 0. The highest BCUT2D eigenvalue weighted by atomic mass is 16.5. The lowest BCUT2D eigenvalue weighted by Crippen LogP contribution is -2.42. The number of carbonyl (C=O) groups excluding carboxylic acids is 4. The van der Waals surface area contributed by atoms with Crippen LogP contribution in [0.25, 0.3) is 33.8 Å². The fraction of sp³-hybridized carbons (Fsp3) is 0.233. The third kappa shape index (κ3) is 8.73. The Labute approximate surface area is 334 Å². The Morgan fingerprint density at radius 1 is 0.672 bits per heavy atom. The maximum absolute atomic E-state index is 13.9. The molecule has 3 aromatic heterocycles. The van der Waals surface area contributed by atoms with Gasteiger partial charge in [0, 0.05) is 23.9 Å². The zero-order valence-corrected chi connectivity index (χ0v) is 32.1. The molecule has 58 heavy (non-hydrogen) atoms. The number of pyridine rings is 1. The highest BCUT2D eigenvalue weighted by Gasteiger charge is 2.37. The van der Waals surface area contributed by atoms with Gasteiger partial charge in [0.15, 0.2) is 0 Å². The molecule has 3 aromatic carbocycles. The van der Waals surface area contributed by atoms with Crippen LogP contribution in [-0.2, 0) is 19.1 Å². The second kappa shape index (κ2) is 17.7. The van der Waals surface area contributed by atoms with E-state index in [1.54, 1.807) is 66.8 Å². The van der Waals surface area contributed by atoms with Crippen molar-refractivity contribution in [3.63, 3.8) is 0 Å². The Balaban J connectivity index is 0.990. The fourth-order valence-electron chi connectivity index (χ4n) is 6.98. The summed E-state index contributed by atoms with van der Waals surface area (Å²) in [6, 6.07) is 27.3. The fourth-order valence-corrected chi connectivity index (χ4v) is 6.98. The number of H-pyrrole nitrogens is 2. The number of amides is 4. The van der Waals surface area contributed by atoms with E-state index in [2.05, 4.69) is 35.9 Å². The summed E-state index contributed by atoms with van der Waals surface area (Å²) in [6.07, 6.45) is 5.36. The van der Waals surface area contributed by atoms with Crippen LogP contribution in [0.3, 0.4) is 0 Å². The van der Waals surface area contributed by atoms with Crippen LogP contribution in [0.4, 0.5) is 9.59 Å². The average Bonchev–Trinajstić information content (AvgIpc) is 4.07. The number of carbonyl (C=O) groups is 4. The Bertz CT molecular complexity index is 2350. The number of nitrogens with zero attached hydrogens (tertiary/aromatic N) is 4. The molecule has 0 saturated carbocycles. The van der Waals surface area contributed by atoms with Crippen molar-refractivity contribution in [2.45, 2.75) is 43.9 Å². The van der Waals surface area contributed by atoms with Crippen molar-refractivity contribution in [2.24, 2.45) is 0 Å². The van der Waals surface area contributed by atoms with Gasteiger partial charge in [0.25, 0.3) is 5.91 Å². The summed E-state index contributed by atoms with van der Waals surface area (Å²) in [5.41, 5.74) is 6.25. The number of rotatable bonds is 12. The first kappa shape index (κ1) is 39.0. The third-order valence-corrected chi connectivity index (χ3v) is 10.0. The first-order chi connectivity index (χ1) is 28.2. The van der Waals surface area contributed by atoms with Gasteiger partial charge in [-0.3, -0.25) is 14.6 Å². The highest BCUT2D eigenvalue weighted by molar-refractivity contribution is 5.88. The van der Waals surface area contributed by atoms with Gasteiger partial charge in [0.2, 0.25) is 5.91 Å². The molecule has 4 atom stereocenters. The quantitative estimate of drug-likeness (QED) is 0.0913. The number of benzene rings is 3. The number of hydrogen-bond acceptors (Lipinski definition) is 9. The molecule has 7 rings (SSSR count). The average molecular weight is 782 g/mol. The number of ether oxygens (including phenoxy) is 2. The van der Waals surface area contributed by atoms with Crippen molar-refractivity contribution < 1.29 is 28.7 Å². The number of imidazole rings is 2. The van der Waals surface area contributed by atoms with Crippen LogP contribution in [0, 0.1) is 0 Å². The van der Waals surface area contributed by atoms with Crippen LogP contribution >= 0.6 is 0 Å². The minimum Gasteiger partial charge on any atom is -0.453 e. The molecule has 0 aliphatic carbocycles. The highest BCUT2D eigenvalue weighted by Crippen LogP contribution is 2.34. The van der Waals surface area contributed by atoms with E-state index in [0.717, 1.165) is 46.6 Å². The van der Waals surface area contributed by atoms with Crippen molar-refractivity contribution in [1.82, 2.24) is 45.8 Å². The lowest BCUT2D eigenvalue weighted by Gasteiger charge is -2.28. The molecular weight excluding hydrogens is 739 g/mol. The van der Waals surface area contributed by atoms with Gasteiger partial charge in [0.05, 0.1) is 55.8 Å². The second-order valence-electron chi connectivity index (χ2n) is 13.8. The molecule has 0 unspecified atom stereocenters. The van der Waals surface area contributed by atoms with Gasteiger partial charge >= 0.3 is 12.2 Å². The summed E-state index contributed by atoms with van der Waals surface area (Å²) < 4.78 is 9.54. The lowest BCUT2D eigenvalue weighted by molar-refractivity contribution is -0.134. The molecule has 1 aliphatic rings. The van der Waals surface area contributed by atoms with Crippen molar-refractivity contribution in [3.8, 4) is 33.8 Å². The van der Waals surface area contributed by atoms with E-state index in [1.165, 1.54) is 14.2 Å². The first-order valence-electron chi connectivity index (χ1n) is 18.8. The molecule has 6 aromatic rings. The van der Waals surface area contributed by atoms with Crippen molar-refractivity contribution in [3.05, 3.63) is 138 Å². The molecule has 0 spiro atoms. The molecule has 4 amide bonds. The van der Waals surface area contributed by atoms with Crippen molar-refractivity contribution in [2.75, 3.05) is 20.8 Å². The van der Waals surface area contributed by atoms with Crippen molar-refractivity contribution in [1.29, 1.82) is 0 Å². The van der Waals surface area contributed by atoms with E-state index >= 15 is 0 Å². The molecule has 15 nitrogen and oxygen atoms in total. The number of likely N-dealkylation sites (tertiary alicyclic amines) is 1. The molecule has 0 bridgehead atoms. The first-order valence-corrected chi connectivity index (χ1v) is 18.8. The zero-order valence-electron chi connectivity index (χ0n) is 32.1. The molecule has 0 radical (unpaired) electrons. The van der Waals surface area contributed by atoms with E-state index in [4.69, 9.17) is 14.5 Å². The van der Waals surface area contributed by atoms with Crippen LogP contribution in [-0.4, -0.2) is 74.6 Å². The van der Waals surface area contributed by atoms with E-state index < -0.39 is 36.2 Å². The van der Waals surface area contributed by atoms with Crippen LogP contribution < -0.4 is 16.0 Å². The second-order valence-corrected chi connectivity index (χ2v) is 13.8. The normalized spacial score (nSPS) is 15.2. The predicted molar refractivity (Wildman–Crippen MR) is 215 cm³/mol. The summed E-state index contributed by atoms with van der Waals surface area (Å²) in [6.45, 7) is 2.34. The molecule has 1 fully saturated rings. The largest absolute Gasteiger partial charge is 0.453 e. The zero-order chi connectivity index (χ0) is 40.6. The molecule has 296 valence electrons. The van der Waals surface area contributed by atoms with Crippen LogP contribution in [0.2, 0.25) is 0 Å². The summed E-state index contributed by atoms with van der Waals surface area (Å²) in [4.78, 5) is 73.6. The lowest BCUT2D eigenvalue weighted by atomic mass is 10.0. The number of aromatic nitrogens is 5. The van der Waals surface area contributed by atoms with Gasteiger partial charge in [-0.15, -0.1) is 0 Å². The molecular formula is C43H43N9O6. The van der Waals surface area contributed by atoms with Gasteiger partial charge < -0.3 is 40.3 Å². The van der Waals surface area contributed by atoms with Gasteiger partial charge in [0.1, 0.15) is 23.7 Å². The minimum atomic E-state index is -0.953. The topological polar surface area (TPSA) is 196 Å². The number of hydrogen-bond donors (Lipinski definition) is 5. The minimum absolute atomic E-state index is 0.227. The smallest absolute Gasteiger partial charge is 0.407 e. The SMILES string of the molecule is COC(=O)N[C@@H](C(=O)N[C@@H](C)c1ncc(-c2ccc(-c3ccc(-c4cnc([C@@H]5CCCN5C(=O)[C@H](NC(=O)OC)c5ccccc5)[nH]4)cc3)nc2)[nH]1)c1ccccc1. The van der Waals surface area contributed by atoms with Gasteiger partial charge in [-0.25, -0.2) is 19.6 Å². The van der Waals surface area contributed by atoms with Gasteiger partial charge in [-0.2, -0.15) is 0 Å². The van der Waals surface area contributed by atoms with E-state index in [1.807, 2.05) is 60.7 Å². The molecule has 4 heterocycles. The van der Waals surface area contributed by atoms with Gasteiger partial charge in [-0.1, -0.05) is 84.9 Å². The number of methoxy groups -OCH3 is 2. The monoisotopic (exact) mass is 781 g/mol. The Hall–Kier alpha value is -7.29. The van der Waals surface area contributed by atoms with Crippen LogP contribution in [0.1, 0.15) is 66.7 Å². The molecule has 5 N–H and O–H groups in total. The standard InChI is InChI=1S/C43H43N9O6/c1-26(47-40(53)36(50-42(55)57-2)29-11-6-4-7-12-29)38-45-25-34(48-38)31-20-21-32(44-23-31)27-16-18-28(19-17-27)33-24-46-39(49-33)35-15-10-22-52(35)41(54)37(51-43(56)58-3)30-13-8-5-9-14-30/h4-9,11-14,16-21,23-26,35-37H,10,15,22H2,1-3H3,(H,45,48)(H,46,49)(H,47,53)(H,50,55)(H,51,56)/t26-,35-,36+,37+/m0/s1. The van der Waals surface area contributed by atoms with E-state index in [9.17, 15) is 19.2 Å². The summed E-state index contributed by atoms with van der Waals surface area (Å²) in [5, 5.41) is 8.21. The molecule has 15 heteroatoms. The van der Waals surface area contributed by atoms with Crippen LogP contribution in [0.5, 0.6) is 0 Å². The Morgan fingerprint density at radius 3 is 1.90 bits per heavy atom.